The Morgan fingerprint density at radius 2 is 2.80 bits per heavy atom. The minimum absolute atomic E-state index is 0.0972. The fourth-order valence-corrected chi connectivity index (χ4v) is 0.0556. The van der Waals surface area contributed by atoms with Gasteiger partial charge in [0.2, 0.25) is 0 Å². The average molecular weight is 71.9 g/mol. The van der Waals surface area contributed by atoms with Gasteiger partial charge in [-0.1, -0.05) is 6.30 Å². The molecular weight excluding hydrogens is 64.8 g/mol. The summed E-state index contributed by atoms with van der Waals surface area (Å²) < 4.78 is 6.55. The first-order chi connectivity index (χ1) is 2.77. The van der Waals surface area contributed by atoms with Gasteiger partial charge in [-0.3, -0.25) is 0 Å². The van der Waals surface area contributed by atoms with Crippen LogP contribution in [0.3, 0.4) is 0 Å². The summed E-state index contributed by atoms with van der Waals surface area (Å²) in [5, 5.41) is 0. The molecule has 2 nitrogen and oxygen atoms in total. The van der Waals surface area contributed by atoms with E-state index < -0.39 is 6.30 Å². The van der Waals surface area contributed by atoms with E-state index in [-0.39, 0.29) is 6.61 Å². The molecule has 0 spiro atoms. The van der Waals surface area contributed by atoms with Gasteiger partial charge in [-0.25, -0.2) is 5.90 Å². The number of hydrogen-bond donors (Lipinski definition) is 1. The van der Waals surface area contributed by atoms with Crippen LogP contribution in [-0.4, -0.2) is 14.5 Å². The van der Waals surface area contributed by atoms with E-state index >= 15 is 0 Å². The minimum atomic E-state index is -0.699. The Balaban J connectivity index is 2.63. The van der Waals surface area contributed by atoms with E-state index in [1.807, 2.05) is 0 Å². The first kappa shape index (κ1) is 3.19. The van der Waals surface area contributed by atoms with Crippen molar-refractivity contribution in [2.45, 2.75) is 6.30 Å². The highest BCUT2D eigenvalue weighted by molar-refractivity contribution is 6.08. The van der Waals surface area contributed by atoms with Crippen LogP contribution in [0.1, 0.15) is 1.37 Å². The summed E-state index contributed by atoms with van der Waals surface area (Å²) >= 11 is 0. The second kappa shape index (κ2) is 3.98. The summed E-state index contributed by atoms with van der Waals surface area (Å²) in [5.41, 5.74) is 0. The standard InChI is InChI=1S/C2H6BNO/c3-1-2-5-4/h1-2,4H2/i1D/t1-/m1/s1. The van der Waals surface area contributed by atoms with Gasteiger partial charge in [0.15, 0.2) is 0 Å². The van der Waals surface area contributed by atoms with Crippen LogP contribution < -0.4 is 5.90 Å². The Morgan fingerprint density at radius 1 is 2.20 bits per heavy atom. The lowest BCUT2D eigenvalue weighted by Crippen LogP contribution is -1.98. The van der Waals surface area contributed by atoms with Crippen LogP contribution in [0.15, 0.2) is 0 Å². The zero-order chi connectivity index (χ0) is 4.99. The van der Waals surface area contributed by atoms with E-state index in [0.29, 0.717) is 0 Å². The molecule has 0 aliphatic heterocycles. The van der Waals surface area contributed by atoms with Gasteiger partial charge in [-0.15, -0.1) is 0 Å². The lowest BCUT2D eigenvalue weighted by Gasteiger charge is -1.84. The highest BCUT2D eigenvalue weighted by Crippen LogP contribution is 1.64. The molecule has 2 N–H and O–H groups in total. The molecule has 0 rings (SSSR count). The molecule has 0 amide bonds. The maximum absolute atomic E-state index is 6.55. The highest BCUT2D eigenvalue weighted by atomic mass is 16.6. The Kier molecular flexibility index (Phi) is 2.54. The zero-order valence-corrected chi connectivity index (χ0v) is 2.85. The first-order valence-corrected chi connectivity index (χ1v) is 1.27. The van der Waals surface area contributed by atoms with Crippen molar-refractivity contribution in [3.63, 3.8) is 0 Å². The third-order valence-corrected chi connectivity index (χ3v) is 0.192. The SMILES string of the molecule is [2H][C@@H]([B])CON. The Bertz CT molecular complexity index is 34.7. The molecule has 0 bridgehead atoms. The minimum Gasteiger partial charge on any atom is -0.305 e. The second-order valence-electron chi connectivity index (χ2n) is 0.569. The first-order valence-electron chi connectivity index (χ1n) is 1.84. The summed E-state index contributed by atoms with van der Waals surface area (Å²) in [6.07, 6.45) is -0.699. The third-order valence-electron chi connectivity index (χ3n) is 0.192. The fourth-order valence-electron chi connectivity index (χ4n) is 0.0556. The molecule has 0 unspecified atom stereocenters. The van der Waals surface area contributed by atoms with Crippen LogP contribution >= 0.6 is 0 Å². The Hall–Kier alpha value is -0.0151. The molecule has 0 aromatic rings. The second-order valence-corrected chi connectivity index (χ2v) is 0.569. The third kappa shape index (κ3) is 3.98. The Labute approximate surface area is 34.1 Å². The summed E-state index contributed by atoms with van der Waals surface area (Å²) in [6.45, 7) is 0.0972. The molecule has 28 valence electrons. The van der Waals surface area contributed by atoms with E-state index in [0.717, 1.165) is 0 Å². The normalized spacial score (nSPS) is 17.4. The monoisotopic (exact) mass is 72.1 g/mol. The molecule has 3 heteroatoms. The lowest BCUT2D eigenvalue weighted by atomic mass is 10.1. The fraction of sp³-hybridized carbons (Fsp3) is 1.00. The van der Waals surface area contributed by atoms with E-state index in [1.165, 1.54) is 0 Å². The van der Waals surface area contributed by atoms with E-state index in [4.69, 9.17) is 9.22 Å². The van der Waals surface area contributed by atoms with Gasteiger partial charge in [-0.2, -0.15) is 0 Å². The molecule has 0 saturated carbocycles. The summed E-state index contributed by atoms with van der Waals surface area (Å²) in [6, 6.07) is 0. The van der Waals surface area contributed by atoms with Crippen molar-refractivity contribution in [3.8, 4) is 0 Å². The summed E-state index contributed by atoms with van der Waals surface area (Å²) in [4.78, 5) is 3.99. The molecule has 1 atom stereocenters. The van der Waals surface area contributed by atoms with Crippen molar-refractivity contribution < 1.29 is 6.21 Å². The van der Waals surface area contributed by atoms with E-state index in [1.54, 1.807) is 0 Å². The van der Waals surface area contributed by atoms with Crippen LogP contribution in [-0.2, 0) is 4.84 Å². The van der Waals surface area contributed by atoms with E-state index in [2.05, 4.69) is 10.7 Å². The largest absolute Gasteiger partial charge is 0.305 e. The van der Waals surface area contributed by atoms with Crippen molar-refractivity contribution in [2.24, 2.45) is 5.90 Å². The molecule has 5 heavy (non-hydrogen) atoms. The maximum Gasteiger partial charge on any atom is 0.0685 e. The van der Waals surface area contributed by atoms with Gasteiger partial charge in [0.1, 0.15) is 0 Å². The van der Waals surface area contributed by atoms with E-state index in [9.17, 15) is 0 Å². The summed E-state index contributed by atoms with van der Waals surface area (Å²) in [5.74, 6) is 4.53. The molecule has 0 aromatic heterocycles. The van der Waals surface area contributed by atoms with Crippen LogP contribution in [0.2, 0.25) is 6.30 Å². The van der Waals surface area contributed by atoms with Gasteiger partial charge < -0.3 is 4.84 Å². The van der Waals surface area contributed by atoms with Gasteiger partial charge >= 0.3 is 0 Å². The van der Waals surface area contributed by atoms with Crippen molar-refractivity contribution >= 4 is 7.85 Å². The molecular formula is C2H6BNO. The van der Waals surface area contributed by atoms with Gasteiger partial charge in [-0.05, 0) is 0 Å². The van der Waals surface area contributed by atoms with Crippen molar-refractivity contribution in [2.75, 3.05) is 6.61 Å². The van der Waals surface area contributed by atoms with Gasteiger partial charge in [0.05, 0.1) is 14.5 Å². The highest BCUT2D eigenvalue weighted by Gasteiger charge is 1.67. The average Bonchev–Trinajstić information content (AvgIpc) is 1.35. The topological polar surface area (TPSA) is 35.2 Å². The number of hydrogen-bond acceptors (Lipinski definition) is 2. The quantitative estimate of drug-likeness (QED) is 0.351. The number of nitrogens with two attached hydrogens (primary N) is 1. The molecule has 2 radical (unpaired) electrons. The molecule has 0 saturated heterocycles. The summed E-state index contributed by atoms with van der Waals surface area (Å²) in [7, 11) is 4.86. The van der Waals surface area contributed by atoms with Crippen LogP contribution in [0.25, 0.3) is 0 Å². The van der Waals surface area contributed by atoms with Crippen molar-refractivity contribution in [3.05, 3.63) is 0 Å². The maximum atomic E-state index is 6.55. The molecule has 0 aromatic carbocycles. The predicted molar refractivity (Wildman–Crippen MR) is 20.7 cm³/mol. The van der Waals surface area contributed by atoms with Gasteiger partial charge in [0.25, 0.3) is 0 Å². The van der Waals surface area contributed by atoms with Crippen LogP contribution in [0.4, 0.5) is 0 Å². The van der Waals surface area contributed by atoms with Crippen LogP contribution in [0, 0.1) is 0 Å². The zero-order valence-electron chi connectivity index (χ0n) is 3.85. The smallest absolute Gasteiger partial charge is 0.0685 e. The van der Waals surface area contributed by atoms with Crippen molar-refractivity contribution in [1.82, 2.24) is 0 Å². The number of rotatable bonds is 2. The molecule has 0 heterocycles. The lowest BCUT2D eigenvalue weighted by molar-refractivity contribution is 0.152. The van der Waals surface area contributed by atoms with Gasteiger partial charge in [0, 0.05) is 1.37 Å². The molecule has 0 aliphatic rings. The molecule has 0 aliphatic carbocycles. The predicted octanol–water partition coefficient (Wildman–Crippen LogP) is -0.536. The van der Waals surface area contributed by atoms with Crippen molar-refractivity contribution in [1.29, 1.82) is 0 Å². The molecule has 0 fully saturated rings. The van der Waals surface area contributed by atoms with Crippen LogP contribution in [0.5, 0.6) is 0 Å². The Morgan fingerprint density at radius 3 is 2.80 bits per heavy atom.